The Hall–Kier alpha value is -7.75. The lowest BCUT2D eigenvalue weighted by Crippen LogP contribution is -2.46. The number of ketones is 5. The minimum Gasteiger partial charge on any atom is -0.493 e. The Kier molecular flexibility index (Phi) is 12.5. The molecule has 15 rings (SSSR count). The first kappa shape index (κ1) is 34.8. The quantitative estimate of drug-likeness (QED) is 0.0598. The molecule has 0 bridgehead atoms. The predicted molar refractivity (Wildman–Crippen MR) is 471 cm³/mol. The molecule has 656 valence electrons. The number of fused-ring (bicyclic) bond motifs is 15. The number of benzene rings is 5. The molecule has 10 aliphatic rings. The maximum Gasteiger partial charge on any atom is 0.161 e. The van der Waals surface area contributed by atoms with Crippen LogP contribution in [0.3, 0.4) is 0 Å². The average molecular weight is 1720 g/mol. The highest BCUT2D eigenvalue weighted by atomic mass is 16.5. The second kappa shape index (κ2) is 42.8. The largest absolute Gasteiger partial charge is 0.493 e. The van der Waals surface area contributed by atoms with Gasteiger partial charge in [0.15, 0.2) is 57.5 Å². The van der Waals surface area contributed by atoms with Gasteiger partial charge in [0.05, 0.1) is 112 Å². The Morgan fingerprint density at radius 3 is 1.22 bits per heavy atom. The van der Waals surface area contributed by atoms with Crippen molar-refractivity contribution in [2.75, 3.05) is 136 Å². The zero-order chi connectivity index (χ0) is 152. The van der Waals surface area contributed by atoms with Crippen LogP contribution in [0.25, 0.3) is 0 Å². The van der Waals surface area contributed by atoms with Gasteiger partial charge in [-0.25, -0.2) is 0 Å². The van der Waals surface area contributed by atoms with E-state index in [-0.39, 0.29) is 91.3 Å². The van der Waals surface area contributed by atoms with Crippen molar-refractivity contribution in [1.29, 1.82) is 0 Å². The molecule has 20 heteroatoms. The van der Waals surface area contributed by atoms with Crippen LogP contribution < -0.4 is 47.4 Å². The Bertz CT molecular complexity index is 7830. The van der Waals surface area contributed by atoms with Gasteiger partial charge in [-0.2, -0.15) is 0 Å². The number of hydrogen-bond donors (Lipinski definition) is 0. The van der Waals surface area contributed by atoms with Crippen LogP contribution in [-0.2, 0) is 56.0 Å². The van der Waals surface area contributed by atoms with Crippen molar-refractivity contribution in [1.82, 2.24) is 24.5 Å². The Morgan fingerprint density at radius 1 is 0.412 bits per heavy atom. The second-order valence-corrected chi connectivity index (χ2v) is 28.3. The molecule has 0 aliphatic carbocycles. The zero-order valence-electron chi connectivity index (χ0n) is 142. The first-order chi connectivity index (χ1) is 86.2. The molecule has 0 radical (unpaired) electrons. The molecule has 0 spiro atoms. The van der Waals surface area contributed by atoms with Gasteiger partial charge in [0, 0.05) is 221 Å². The van der Waals surface area contributed by atoms with Crippen LogP contribution in [0.15, 0.2) is 60.6 Å². The number of methoxy groups -OCH3 is 10. The minimum atomic E-state index is -4.69. The molecule has 13 atom stereocenters. The molecule has 10 aliphatic heterocycles. The van der Waals surface area contributed by atoms with Gasteiger partial charge in [0.25, 0.3) is 0 Å². The maximum absolute atomic E-state index is 14.1. The summed E-state index contributed by atoms with van der Waals surface area (Å²) in [6, 6.07) is -8.46. The Morgan fingerprint density at radius 2 is 0.782 bits per heavy atom. The van der Waals surface area contributed by atoms with Crippen LogP contribution in [0, 0.1) is 59.0 Å². The standard InChI is InChI=1S/3C20H29NO3.2C19H27NO3.CH4/c3*1-5-13(2)8-15-12-21-7-6-14-9-19(23-3)20(24-4)10-16(14)17(21)11-18(15)22;2*1-12(2)7-14-11-20-6-5-13-8-18(22-3)19(23-4)9-15(13)16(20)10-17(14)21;/h3*9-10,13,15,17H,5-8,11-12H2,1-4H3;2*8-9,12,14,16H,5-7,10-11H2,1-4H3;1H4/i2D3,3D3,5D2,6D2,7D2,8D2,9D,10D,11D2,12D2,13D,15D,17D;2D3,3D3,4D3,5D2,8D2,11D2,13D,15D;2D3,3D3,4D3,5D2,8D2,13D;3D3,5D2,6D2,8D,9D,10D2,11D2,14D,16D;3D3,4D3,10D2;. The fraction of sp³-hybridized carbons (Fsp3) is 0.646. The summed E-state index contributed by atoms with van der Waals surface area (Å²) in [5.41, 5.74) is -2.98. The Labute approximate surface area is 821 Å². The molecule has 0 amide bonds. The third-order valence-electron chi connectivity index (χ3n) is 20.0. The first-order valence-electron chi connectivity index (χ1n) is 75.2. The third-order valence-corrected chi connectivity index (χ3v) is 20.0. The molecule has 5 fully saturated rings. The van der Waals surface area contributed by atoms with Gasteiger partial charge in [0.1, 0.15) is 28.9 Å². The van der Waals surface area contributed by atoms with Gasteiger partial charge in [-0.3, -0.25) is 48.5 Å². The molecule has 5 aromatic rings. The van der Waals surface area contributed by atoms with Crippen LogP contribution in [0.1, 0.15) is 351 Å². The number of Topliss-reactive ketones (excluding diaryl/α,β-unsaturated/α-hetero) is 5. The molecule has 119 heavy (non-hydrogen) atoms. The molecule has 10 heterocycles. The predicted octanol–water partition coefficient (Wildman–Crippen LogP) is 18.0. The normalized spacial score (nSPS) is 44.0. The van der Waals surface area contributed by atoms with Crippen LogP contribution in [0.5, 0.6) is 57.5 Å². The third kappa shape index (κ3) is 21.8. The zero-order valence-corrected chi connectivity index (χ0v) is 65.4. The topological polar surface area (TPSA) is 194 Å². The van der Waals surface area contributed by atoms with E-state index in [9.17, 15) is 26.7 Å². The number of piperidine rings is 5. The van der Waals surface area contributed by atoms with E-state index in [1.807, 2.05) is 18.7 Å². The monoisotopic (exact) mass is 1720 g/mol. The van der Waals surface area contributed by atoms with Crippen molar-refractivity contribution in [2.45, 2.75) is 222 Å². The van der Waals surface area contributed by atoms with Gasteiger partial charge in [-0.1, -0.05) is 95.6 Å². The smallest absolute Gasteiger partial charge is 0.161 e. The molecule has 0 aromatic heterocycles. The summed E-state index contributed by atoms with van der Waals surface area (Å²) in [7, 11) is -22.6. The molecular formula is C99H145N5O15. The highest BCUT2D eigenvalue weighted by Gasteiger charge is 2.45. The summed E-state index contributed by atoms with van der Waals surface area (Å²) in [6.45, 7) is -18.6. The number of nitrogens with zero attached hydrogens (tertiary/aromatic N) is 5. The molecular weight excluding hydrogens is 1500 g/mol. The highest BCUT2D eigenvalue weighted by molar-refractivity contribution is 5.86. The van der Waals surface area contributed by atoms with E-state index >= 15 is 0 Å². The van der Waals surface area contributed by atoms with E-state index in [1.54, 1.807) is 4.90 Å². The number of ether oxygens (including phenoxy) is 10. The second-order valence-electron chi connectivity index (χ2n) is 28.3. The van der Waals surface area contributed by atoms with Gasteiger partial charge >= 0.3 is 0 Å². The van der Waals surface area contributed by atoms with Crippen LogP contribution in [0.2, 0.25) is 0 Å². The number of rotatable bonds is 23. The van der Waals surface area contributed by atoms with Crippen molar-refractivity contribution in [3.05, 3.63) is 116 Å². The lowest BCUT2D eigenvalue weighted by molar-refractivity contribution is -0.130. The molecule has 20 nitrogen and oxygen atoms in total. The Balaban J connectivity index is 0.000000245. The van der Waals surface area contributed by atoms with Crippen LogP contribution >= 0.6 is 0 Å². The maximum atomic E-state index is 14.1. The summed E-state index contributed by atoms with van der Waals surface area (Å²) in [6.07, 6.45) is -41.4. The van der Waals surface area contributed by atoms with Crippen molar-refractivity contribution < 1.29 is 177 Å². The van der Waals surface area contributed by atoms with E-state index in [0.29, 0.717) is 62.0 Å². The summed E-state index contributed by atoms with van der Waals surface area (Å²) in [5, 5.41) is 0. The summed E-state index contributed by atoms with van der Waals surface area (Å²) in [4.78, 5) is 71.6. The number of hydrogen-bond acceptors (Lipinski definition) is 20. The molecule has 0 N–H and O–H groups in total. The van der Waals surface area contributed by atoms with E-state index in [4.69, 9.17) is 150 Å². The van der Waals surface area contributed by atoms with E-state index in [1.165, 1.54) is 43.0 Å². The molecule has 5 saturated heterocycles. The summed E-state index contributed by atoms with van der Waals surface area (Å²) < 4.78 is 675. The number of carbonyl (C=O) groups is 5. The first-order valence-corrected chi connectivity index (χ1v) is 36.7. The van der Waals surface area contributed by atoms with Crippen molar-refractivity contribution in [2.24, 2.45) is 59.0 Å². The van der Waals surface area contributed by atoms with Gasteiger partial charge in [-0.05, 0) is 210 Å². The van der Waals surface area contributed by atoms with Crippen LogP contribution in [-0.4, -0.2) is 189 Å². The van der Waals surface area contributed by atoms with E-state index in [0.717, 1.165) is 33.3 Å². The van der Waals surface area contributed by atoms with Gasteiger partial charge in [0.2, 0.25) is 0 Å². The van der Waals surface area contributed by atoms with Crippen LogP contribution in [0.4, 0.5) is 0 Å². The summed E-state index contributed by atoms with van der Waals surface area (Å²) >= 11 is 0. The SMILES string of the molecule is C.[2H]C([2H])([2H])Oc1cc2c(cc1OC([2H])([2H])[2H])C1CC(=O)C(C([2H])([2H])C([2H])(C([2H])([2H])[2H])C([2H])([2H])C)CN1CC2.[2H]C([2H])([2H])Oc1cc2c(cc1OC([2H])([2H])[2H])C1N(CC2)CC(CC(C)C)C(=O)C1([2H])[2H].[2H]C([2H])([2H])Oc1cc2c(cc1OC([2H])([2H])[2H])C1N(CC2)CC([2H])(C([2H])([2H])C([2H])(C([2H])([2H])[2H])C([2H])([2H])C)C(=O)C1([2H])[2H].[2H]c1c(OC([2H])([2H])[2H])c(OC)c([2H])c2c1C([2H])([2H])C([2H])([2H])N1C([2H])([2H])C([2H])(C([2H])([2H])C([2H])(C([2H])([2H])[2H])C([2H])([2H])C)C(=O)C([2H])([2H])C21[2H].[2H]c1c(OC([2H])([2H])[2H])c(OC)c([2H])c2c1C([2H])([2H])C([2H])([2H])N1C([2H])([2H])C([2H])(CC(C)C)C(=O)C([2H])([2H])C21[2H]. The molecule has 5 aromatic carbocycles. The highest BCUT2D eigenvalue weighted by Crippen LogP contribution is 2.49. The fourth-order valence-electron chi connectivity index (χ4n) is 14.4. The molecule has 0 saturated carbocycles. The van der Waals surface area contributed by atoms with Gasteiger partial charge in [-0.15, -0.1) is 0 Å². The van der Waals surface area contributed by atoms with Crippen molar-refractivity contribution >= 4 is 28.9 Å². The van der Waals surface area contributed by atoms with E-state index in [2.05, 4.69) is 0 Å². The fourth-order valence-corrected chi connectivity index (χ4v) is 14.4. The molecule has 13 unspecified atom stereocenters. The van der Waals surface area contributed by atoms with E-state index < -0.39 is 390 Å². The average Bonchev–Trinajstić information content (AvgIpc) is 0.631. The lowest BCUT2D eigenvalue weighted by atomic mass is 9.79. The lowest BCUT2D eigenvalue weighted by Gasteiger charge is -2.43. The van der Waals surface area contributed by atoms with Crippen molar-refractivity contribution in [3.8, 4) is 57.5 Å². The number of carbonyl (C=O) groups excluding carboxylic acids is 5. The van der Waals surface area contributed by atoms with Gasteiger partial charge < -0.3 is 47.4 Å². The minimum absolute atomic E-state index is 0. The summed E-state index contributed by atoms with van der Waals surface area (Å²) in [5.74, 6) is -38.3. The van der Waals surface area contributed by atoms with Crippen molar-refractivity contribution in [3.63, 3.8) is 0 Å².